The first-order chi connectivity index (χ1) is 10.2. The van der Waals surface area contributed by atoms with Crippen molar-refractivity contribution < 1.29 is 9.90 Å². The zero-order valence-electron chi connectivity index (χ0n) is 11.9. The van der Waals surface area contributed by atoms with E-state index in [0.29, 0.717) is 6.54 Å². The van der Waals surface area contributed by atoms with Crippen molar-refractivity contribution in [2.75, 3.05) is 13.1 Å². The van der Waals surface area contributed by atoms with Crippen molar-refractivity contribution in [1.29, 1.82) is 0 Å². The monoisotopic (exact) mass is 281 g/mol. The number of nitrogens with zero attached hydrogens (tertiary/aromatic N) is 1. The quantitative estimate of drug-likeness (QED) is 0.791. The molecule has 0 atom stereocenters. The van der Waals surface area contributed by atoms with Gasteiger partial charge in [0.25, 0.3) is 0 Å². The molecule has 21 heavy (non-hydrogen) atoms. The van der Waals surface area contributed by atoms with Crippen LogP contribution in [-0.2, 0) is 4.79 Å². The Morgan fingerprint density at radius 2 is 1.52 bits per heavy atom. The maximum Gasteiger partial charge on any atom is 0.317 e. The molecule has 1 N–H and O–H groups in total. The number of benzene rings is 2. The number of hydrogen-bond donors (Lipinski definition) is 1. The van der Waals surface area contributed by atoms with E-state index in [0.717, 1.165) is 11.1 Å². The summed E-state index contributed by atoms with van der Waals surface area (Å²) in [5.41, 5.74) is 2.15. The molecule has 0 aromatic heterocycles. The summed E-state index contributed by atoms with van der Waals surface area (Å²) in [7, 11) is 0. The molecule has 0 heterocycles. The summed E-state index contributed by atoms with van der Waals surface area (Å²) in [6.45, 7) is 4.23. The van der Waals surface area contributed by atoms with E-state index in [9.17, 15) is 9.90 Å². The highest BCUT2D eigenvalue weighted by atomic mass is 16.4. The summed E-state index contributed by atoms with van der Waals surface area (Å²) in [5.74, 6) is -0.839. The van der Waals surface area contributed by atoms with Crippen LogP contribution in [0.4, 0.5) is 0 Å². The van der Waals surface area contributed by atoms with Crippen molar-refractivity contribution in [3.63, 3.8) is 0 Å². The van der Waals surface area contributed by atoms with Crippen LogP contribution in [0.2, 0.25) is 0 Å². The SMILES string of the molecule is C=CCN(CC(=O)O)C(c1ccccc1)c1ccccc1. The summed E-state index contributed by atoms with van der Waals surface area (Å²) in [6, 6.07) is 19.8. The molecule has 2 rings (SSSR count). The van der Waals surface area contributed by atoms with Gasteiger partial charge in [0.1, 0.15) is 0 Å². The van der Waals surface area contributed by atoms with Gasteiger partial charge in [-0.25, -0.2) is 0 Å². The third-order valence-corrected chi connectivity index (χ3v) is 3.30. The van der Waals surface area contributed by atoms with E-state index in [-0.39, 0.29) is 12.6 Å². The first kappa shape index (κ1) is 15.0. The number of rotatable bonds is 7. The zero-order chi connectivity index (χ0) is 15.1. The van der Waals surface area contributed by atoms with Gasteiger partial charge in [0.05, 0.1) is 12.6 Å². The first-order valence-electron chi connectivity index (χ1n) is 6.89. The second-order valence-corrected chi connectivity index (χ2v) is 4.84. The maximum atomic E-state index is 11.2. The Kier molecular flexibility index (Phi) is 5.29. The molecule has 0 amide bonds. The van der Waals surface area contributed by atoms with Gasteiger partial charge in [-0.15, -0.1) is 6.58 Å². The van der Waals surface area contributed by atoms with E-state index < -0.39 is 5.97 Å². The fourth-order valence-electron chi connectivity index (χ4n) is 2.49. The van der Waals surface area contributed by atoms with E-state index >= 15 is 0 Å². The van der Waals surface area contributed by atoms with Gasteiger partial charge in [-0.05, 0) is 11.1 Å². The molecule has 3 heteroatoms. The average molecular weight is 281 g/mol. The molecule has 2 aromatic carbocycles. The summed E-state index contributed by atoms with van der Waals surface area (Å²) in [6.07, 6.45) is 1.74. The summed E-state index contributed by atoms with van der Waals surface area (Å²) in [4.78, 5) is 13.1. The van der Waals surface area contributed by atoms with E-state index in [1.54, 1.807) is 6.08 Å². The normalized spacial score (nSPS) is 10.8. The van der Waals surface area contributed by atoms with Gasteiger partial charge in [0.15, 0.2) is 0 Å². The molecule has 2 aromatic rings. The standard InChI is InChI=1S/C18H19NO2/c1-2-13-19(14-17(20)21)18(15-9-5-3-6-10-15)16-11-7-4-8-12-16/h2-12,18H,1,13-14H2,(H,20,21). The van der Waals surface area contributed by atoms with Gasteiger partial charge in [-0.1, -0.05) is 66.7 Å². The van der Waals surface area contributed by atoms with Gasteiger partial charge in [-0.2, -0.15) is 0 Å². The number of aliphatic carboxylic acids is 1. The minimum atomic E-state index is -0.839. The van der Waals surface area contributed by atoms with Crippen LogP contribution in [0.15, 0.2) is 73.3 Å². The lowest BCUT2D eigenvalue weighted by molar-refractivity contribution is -0.138. The van der Waals surface area contributed by atoms with Crippen LogP contribution in [0.25, 0.3) is 0 Å². The fourth-order valence-corrected chi connectivity index (χ4v) is 2.49. The van der Waals surface area contributed by atoms with Gasteiger partial charge >= 0.3 is 5.97 Å². The number of hydrogen-bond acceptors (Lipinski definition) is 2. The van der Waals surface area contributed by atoms with Crippen LogP contribution in [-0.4, -0.2) is 29.1 Å². The van der Waals surface area contributed by atoms with Crippen LogP contribution in [0.5, 0.6) is 0 Å². The van der Waals surface area contributed by atoms with Crippen LogP contribution in [0.1, 0.15) is 17.2 Å². The Labute approximate surface area is 125 Å². The van der Waals surface area contributed by atoms with Gasteiger partial charge in [-0.3, -0.25) is 9.69 Å². The number of carboxylic acids is 1. The third-order valence-electron chi connectivity index (χ3n) is 3.30. The van der Waals surface area contributed by atoms with E-state index in [2.05, 4.69) is 6.58 Å². The Balaban J connectivity index is 2.43. The average Bonchev–Trinajstić information content (AvgIpc) is 2.49. The molecule has 0 fully saturated rings. The molecule has 0 unspecified atom stereocenters. The molecule has 0 aliphatic carbocycles. The van der Waals surface area contributed by atoms with E-state index in [1.807, 2.05) is 65.6 Å². The summed E-state index contributed by atoms with van der Waals surface area (Å²) >= 11 is 0. The van der Waals surface area contributed by atoms with Crippen LogP contribution >= 0.6 is 0 Å². The van der Waals surface area contributed by atoms with Gasteiger partial charge in [0.2, 0.25) is 0 Å². The molecule has 0 aliphatic rings. The van der Waals surface area contributed by atoms with Gasteiger partial charge < -0.3 is 5.11 Å². The third kappa shape index (κ3) is 4.04. The van der Waals surface area contributed by atoms with Crippen LogP contribution in [0, 0.1) is 0 Å². The molecule has 0 saturated heterocycles. The zero-order valence-corrected chi connectivity index (χ0v) is 11.9. The van der Waals surface area contributed by atoms with Crippen LogP contribution < -0.4 is 0 Å². The molecule has 0 radical (unpaired) electrons. The number of carboxylic acid groups (broad SMARTS) is 1. The van der Waals surface area contributed by atoms with Gasteiger partial charge in [0, 0.05) is 6.54 Å². The van der Waals surface area contributed by atoms with Crippen molar-refractivity contribution in [3.05, 3.63) is 84.4 Å². The molecular formula is C18H19NO2. The predicted molar refractivity (Wildman–Crippen MR) is 84.1 cm³/mol. The molecular weight excluding hydrogens is 262 g/mol. The van der Waals surface area contributed by atoms with Crippen LogP contribution in [0.3, 0.4) is 0 Å². The molecule has 0 aliphatic heterocycles. The second kappa shape index (κ2) is 7.41. The highest BCUT2D eigenvalue weighted by Gasteiger charge is 2.23. The minimum absolute atomic E-state index is 0.0273. The minimum Gasteiger partial charge on any atom is -0.480 e. The molecule has 3 nitrogen and oxygen atoms in total. The Morgan fingerprint density at radius 1 is 1.05 bits per heavy atom. The Hall–Kier alpha value is -2.39. The molecule has 108 valence electrons. The fraction of sp³-hybridized carbons (Fsp3) is 0.167. The molecule has 0 bridgehead atoms. The van der Waals surface area contributed by atoms with E-state index in [1.165, 1.54) is 0 Å². The van der Waals surface area contributed by atoms with Crippen molar-refractivity contribution >= 4 is 5.97 Å². The number of carbonyl (C=O) groups is 1. The Morgan fingerprint density at radius 3 is 1.90 bits per heavy atom. The lowest BCUT2D eigenvalue weighted by Gasteiger charge is -2.30. The second-order valence-electron chi connectivity index (χ2n) is 4.84. The highest BCUT2D eigenvalue weighted by Crippen LogP contribution is 2.28. The smallest absolute Gasteiger partial charge is 0.317 e. The molecule has 0 spiro atoms. The maximum absolute atomic E-state index is 11.2. The van der Waals surface area contributed by atoms with Crippen molar-refractivity contribution in [3.8, 4) is 0 Å². The largest absolute Gasteiger partial charge is 0.480 e. The summed E-state index contributed by atoms with van der Waals surface area (Å²) < 4.78 is 0. The lowest BCUT2D eigenvalue weighted by Crippen LogP contribution is -2.34. The predicted octanol–water partition coefficient (Wildman–Crippen LogP) is 3.35. The summed E-state index contributed by atoms with van der Waals surface area (Å²) in [5, 5.41) is 9.18. The van der Waals surface area contributed by atoms with E-state index in [4.69, 9.17) is 0 Å². The Bertz CT molecular complexity index is 541. The lowest BCUT2D eigenvalue weighted by atomic mass is 9.97. The topological polar surface area (TPSA) is 40.5 Å². The first-order valence-corrected chi connectivity index (χ1v) is 6.89. The van der Waals surface area contributed by atoms with Crippen molar-refractivity contribution in [1.82, 2.24) is 4.90 Å². The molecule has 0 saturated carbocycles. The van der Waals surface area contributed by atoms with Crippen molar-refractivity contribution in [2.24, 2.45) is 0 Å². The van der Waals surface area contributed by atoms with Crippen molar-refractivity contribution in [2.45, 2.75) is 6.04 Å². The highest BCUT2D eigenvalue weighted by molar-refractivity contribution is 5.69.